The maximum absolute atomic E-state index is 13.0. The van der Waals surface area contributed by atoms with Crippen molar-refractivity contribution < 1.29 is 9.18 Å². The van der Waals surface area contributed by atoms with Crippen molar-refractivity contribution in [2.75, 3.05) is 18.0 Å². The zero-order valence-electron chi connectivity index (χ0n) is 17.9. The van der Waals surface area contributed by atoms with Crippen molar-refractivity contribution in [1.29, 1.82) is 0 Å². The molecule has 31 heavy (non-hydrogen) atoms. The minimum absolute atomic E-state index is 0.0470. The highest BCUT2D eigenvalue weighted by Gasteiger charge is 2.18. The molecular weight excluding hydrogens is 395 g/mol. The molecule has 1 N–H and O–H groups in total. The number of aryl methyl sites for hydroxylation is 1. The maximum atomic E-state index is 13.0. The van der Waals surface area contributed by atoms with Gasteiger partial charge in [-0.2, -0.15) is 5.10 Å². The van der Waals surface area contributed by atoms with Gasteiger partial charge in [0, 0.05) is 37.8 Å². The van der Waals surface area contributed by atoms with Gasteiger partial charge in [-0.25, -0.2) is 19.0 Å². The van der Waals surface area contributed by atoms with E-state index in [-0.39, 0.29) is 11.7 Å². The Bertz CT molecular complexity index is 1060. The Morgan fingerprint density at radius 3 is 2.55 bits per heavy atom. The first-order valence-electron chi connectivity index (χ1n) is 10.6. The number of benzene rings is 1. The number of halogens is 1. The van der Waals surface area contributed by atoms with Gasteiger partial charge in [0.05, 0.1) is 5.69 Å². The number of carbonyl (C=O) groups is 1. The Kier molecular flexibility index (Phi) is 6.25. The molecule has 8 heteroatoms. The van der Waals surface area contributed by atoms with Crippen molar-refractivity contribution in [3.05, 3.63) is 65.0 Å². The van der Waals surface area contributed by atoms with Gasteiger partial charge in [-0.15, -0.1) is 0 Å². The van der Waals surface area contributed by atoms with Crippen LogP contribution in [0.2, 0.25) is 0 Å². The molecule has 2 aromatic heterocycles. The van der Waals surface area contributed by atoms with E-state index in [0.29, 0.717) is 19.4 Å². The van der Waals surface area contributed by atoms with Crippen molar-refractivity contribution in [2.24, 2.45) is 0 Å². The van der Waals surface area contributed by atoms with Crippen LogP contribution >= 0.6 is 0 Å². The Morgan fingerprint density at radius 1 is 1.10 bits per heavy atom. The van der Waals surface area contributed by atoms with Gasteiger partial charge in [-0.3, -0.25) is 4.79 Å². The highest BCUT2D eigenvalue weighted by Crippen LogP contribution is 2.22. The lowest BCUT2D eigenvalue weighted by atomic mass is 10.1. The van der Waals surface area contributed by atoms with Crippen molar-refractivity contribution >= 4 is 11.7 Å². The van der Waals surface area contributed by atoms with E-state index in [1.54, 1.807) is 18.5 Å². The Morgan fingerprint density at radius 2 is 1.81 bits per heavy atom. The van der Waals surface area contributed by atoms with Crippen LogP contribution in [-0.4, -0.2) is 38.7 Å². The predicted octanol–water partition coefficient (Wildman–Crippen LogP) is 3.27. The molecule has 0 aliphatic carbocycles. The maximum Gasteiger partial charge on any atom is 0.220 e. The van der Waals surface area contributed by atoms with Gasteiger partial charge in [0.2, 0.25) is 5.91 Å². The van der Waals surface area contributed by atoms with Gasteiger partial charge in [0.25, 0.3) is 0 Å². The number of hydrogen-bond acceptors (Lipinski definition) is 5. The molecule has 1 aromatic carbocycles. The summed E-state index contributed by atoms with van der Waals surface area (Å²) in [5.41, 5.74) is 3.80. The van der Waals surface area contributed by atoms with Crippen LogP contribution in [0.15, 0.2) is 36.7 Å². The minimum Gasteiger partial charge on any atom is -0.356 e. The van der Waals surface area contributed by atoms with Crippen LogP contribution in [0.25, 0.3) is 5.82 Å². The lowest BCUT2D eigenvalue weighted by Crippen LogP contribution is -2.23. The van der Waals surface area contributed by atoms with Crippen molar-refractivity contribution in [1.82, 2.24) is 25.1 Å². The highest BCUT2D eigenvalue weighted by atomic mass is 19.1. The Balaban J connectivity index is 1.40. The average molecular weight is 423 g/mol. The number of nitrogens with one attached hydrogen (secondary N) is 1. The monoisotopic (exact) mass is 422 g/mol. The average Bonchev–Trinajstić information content (AvgIpc) is 3.41. The molecule has 3 aromatic rings. The van der Waals surface area contributed by atoms with Crippen LogP contribution in [0.3, 0.4) is 0 Å². The van der Waals surface area contributed by atoms with Gasteiger partial charge >= 0.3 is 0 Å². The highest BCUT2D eigenvalue weighted by molar-refractivity contribution is 5.76. The van der Waals surface area contributed by atoms with Crippen molar-refractivity contribution in [2.45, 2.75) is 46.1 Å². The molecule has 1 aliphatic rings. The summed E-state index contributed by atoms with van der Waals surface area (Å²) in [6.07, 6.45) is 4.91. The second-order valence-electron chi connectivity index (χ2n) is 7.89. The largest absolute Gasteiger partial charge is 0.356 e. The van der Waals surface area contributed by atoms with Gasteiger partial charge in [-0.1, -0.05) is 12.1 Å². The summed E-state index contributed by atoms with van der Waals surface area (Å²) in [5.74, 6) is 1.34. The summed E-state index contributed by atoms with van der Waals surface area (Å²) < 4.78 is 14.8. The van der Waals surface area contributed by atoms with E-state index >= 15 is 0 Å². The van der Waals surface area contributed by atoms with Gasteiger partial charge in [0.1, 0.15) is 18.0 Å². The van der Waals surface area contributed by atoms with E-state index in [1.165, 1.54) is 25.0 Å². The molecule has 0 radical (unpaired) electrons. The molecule has 1 aliphatic heterocycles. The lowest BCUT2D eigenvalue weighted by molar-refractivity contribution is -0.121. The van der Waals surface area contributed by atoms with E-state index in [1.807, 2.05) is 24.6 Å². The summed E-state index contributed by atoms with van der Waals surface area (Å²) in [7, 11) is 0. The number of carbonyl (C=O) groups excluding carboxylic acids is 1. The summed E-state index contributed by atoms with van der Waals surface area (Å²) in [6, 6.07) is 8.11. The third-order valence-corrected chi connectivity index (χ3v) is 5.73. The molecule has 0 atom stereocenters. The van der Waals surface area contributed by atoms with Crippen LogP contribution in [0, 0.1) is 19.7 Å². The molecule has 162 valence electrons. The third kappa shape index (κ3) is 4.90. The molecular formula is C23H27FN6O. The van der Waals surface area contributed by atoms with Crippen molar-refractivity contribution in [3.63, 3.8) is 0 Å². The van der Waals surface area contributed by atoms with Gasteiger partial charge in [0.15, 0.2) is 5.82 Å². The standard InChI is InChI=1S/C23H27FN6O/c1-16-20(9-10-23(31)25-14-18-5-7-19(24)8-6-18)17(2)30(28-16)22-13-21(26-15-27-22)29-11-3-4-12-29/h5-8,13,15H,3-4,9-12,14H2,1-2H3,(H,25,31). The van der Waals surface area contributed by atoms with Crippen LogP contribution in [-0.2, 0) is 17.8 Å². The topological polar surface area (TPSA) is 75.9 Å². The molecule has 0 bridgehead atoms. The summed E-state index contributed by atoms with van der Waals surface area (Å²) in [6.45, 7) is 6.38. The van der Waals surface area contributed by atoms with Crippen LogP contribution < -0.4 is 10.2 Å². The molecule has 1 amide bonds. The first kappa shape index (κ1) is 21.0. The number of aromatic nitrogens is 4. The van der Waals surface area contributed by atoms with E-state index < -0.39 is 0 Å². The predicted molar refractivity (Wildman–Crippen MR) is 117 cm³/mol. The van der Waals surface area contributed by atoms with E-state index in [2.05, 4.69) is 25.3 Å². The van der Waals surface area contributed by atoms with Crippen LogP contribution in [0.5, 0.6) is 0 Å². The molecule has 7 nitrogen and oxygen atoms in total. The Labute approximate surface area is 181 Å². The fourth-order valence-corrected chi connectivity index (χ4v) is 3.96. The van der Waals surface area contributed by atoms with Gasteiger partial charge < -0.3 is 10.2 Å². The van der Waals surface area contributed by atoms with Gasteiger partial charge in [-0.05, 0) is 56.4 Å². The second-order valence-corrected chi connectivity index (χ2v) is 7.89. The number of anilines is 1. The molecule has 1 saturated heterocycles. The fraction of sp³-hybridized carbons (Fsp3) is 0.391. The molecule has 0 spiro atoms. The van der Waals surface area contributed by atoms with E-state index in [0.717, 1.165) is 47.2 Å². The summed E-state index contributed by atoms with van der Waals surface area (Å²) in [5, 5.41) is 7.56. The first-order valence-corrected chi connectivity index (χ1v) is 10.6. The smallest absolute Gasteiger partial charge is 0.220 e. The summed E-state index contributed by atoms with van der Waals surface area (Å²) >= 11 is 0. The van der Waals surface area contributed by atoms with Crippen LogP contribution in [0.4, 0.5) is 10.2 Å². The van der Waals surface area contributed by atoms with E-state index in [4.69, 9.17) is 0 Å². The minimum atomic E-state index is -0.283. The zero-order chi connectivity index (χ0) is 21.8. The first-order chi connectivity index (χ1) is 15.0. The summed E-state index contributed by atoms with van der Waals surface area (Å²) in [4.78, 5) is 23.4. The number of amides is 1. The zero-order valence-corrected chi connectivity index (χ0v) is 17.9. The molecule has 3 heterocycles. The Hall–Kier alpha value is -3.29. The van der Waals surface area contributed by atoms with Crippen molar-refractivity contribution in [3.8, 4) is 5.82 Å². The molecule has 4 rings (SSSR count). The SMILES string of the molecule is Cc1nn(-c2cc(N3CCCC3)ncn2)c(C)c1CCC(=O)NCc1ccc(F)cc1. The number of hydrogen-bond donors (Lipinski definition) is 1. The normalized spacial score (nSPS) is 13.6. The number of rotatable bonds is 7. The molecule has 0 unspecified atom stereocenters. The molecule has 0 saturated carbocycles. The van der Waals surface area contributed by atoms with Crippen LogP contribution in [0.1, 0.15) is 41.8 Å². The second kappa shape index (κ2) is 9.24. The quantitative estimate of drug-likeness (QED) is 0.633. The number of nitrogens with zero attached hydrogens (tertiary/aromatic N) is 5. The third-order valence-electron chi connectivity index (χ3n) is 5.73. The lowest BCUT2D eigenvalue weighted by Gasteiger charge is -2.16. The fourth-order valence-electron chi connectivity index (χ4n) is 3.96. The van der Waals surface area contributed by atoms with E-state index in [9.17, 15) is 9.18 Å². The molecule has 1 fully saturated rings.